The number of rotatable bonds is 3. The molecule has 0 N–H and O–H groups in total. The third-order valence-electron chi connectivity index (χ3n) is 5.19. The van der Waals surface area contributed by atoms with Gasteiger partial charge in [0, 0.05) is 35.1 Å². The lowest BCUT2D eigenvalue weighted by Crippen LogP contribution is -2.43. The fourth-order valence-electron chi connectivity index (χ4n) is 4.04. The highest BCUT2D eigenvalue weighted by molar-refractivity contribution is 8.00. The van der Waals surface area contributed by atoms with Gasteiger partial charge in [-0.3, -0.25) is 14.5 Å². The summed E-state index contributed by atoms with van der Waals surface area (Å²) in [5.41, 5.74) is 2.07. The van der Waals surface area contributed by atoms with Crippen molar-refractivity contribution in [1.29, 1.82) is 0 Å². The van der Waals surface area contributed by atoms with Crippen LogP contribution in [0.5, 0.6) is 0 Å². The molecule has 0 fully saturated rings. The van der Waals surface area contributed by atoms with Gasteiger partial charge in [-0.05, 0) is 29.7 Å². The topological polar surface area (TPSA) is 63.2 Å². The molecule has 2 aliphatic rings. The number of hydrogen-bond acceptors (Lipinski definition) is 6. The molecule has 5 nitrogen and oxygen atoms in total. The van der Waals surface area contributed by atoms with Gasteiger partial charge in [0.25, 0.3) is 0 Å². The van der Waals surface area contributed by atoms with Crippen molar-refractivity contribution in [1.82, 2.24) is 10.2 Å². The standard InChI is InChI=1S/C20H20ClN3O2S2/c1-20(2)9-14-17(15(25)10-20)12(11-6-4-5-7-13(11)21)8-16(26)24(14)18-22-23-19(27-3)28-18/h4-7,12H,8-10H2,1-3H3/t12-/m1/s1. The summed E-state index contributed by atoms with van der Waals surface area (Å²) in [5.74, 6) is -0.301. The first kappa shape index (κ1) is 19.6. The summed E-state index contributed by atoms with van der Waals surface area (Å²) in [4.78, 5) is 28.1. The second-order valence-electron chi connectivity index (χ2n) is 7.86. The van der Waals surface area contributed by atoms with Gasteiger partial charge >= 0.3 is 0 Å². The fraction of sp³-hybridized carbons (Fsp3) is 0.400. The highest BCUT2D eigenvalue weighted by Gasteiger charge is 2.45. The number of Topliss-reactive ketones (excluding diaryl/α,β-unsaturated/α-hetero) is 1. The summed E-state index contributed by atoms with van der Waals surface area (Å²) in [5, 5.41) is 9.47. The second-order valence-corrected chi connectivity index (χ2v) is 10.3. The van der Waals surface area contributed by atoms with Crippen LogP contribution in [0.4, 0.5) is 5.13 Å². The molecule has 8 heteroatoms. The summed E-state index contributed by atoms with van der Waals surface area (Å²) < 4.78 is 0.791. The molecule has 2 aromatic rings. The van der Waals surface area contributed by atoms with Gasteiger partial charge in [0.05, 0.1) is 0 Å². The Bertz CT molecular complexity index is 999. The lowest BCUT2D eigenvalue weighted by atomic mass is 9.69. The molecule has 1 aliphatic heterocycles. The van der Waals surface area contributed by atoms with E-state index in [1.165, 1.54) is 23.1 Å². The van der Waals surface area contributed by atoms with Gasteiger partial charge in [0.2, 0.25) is 11.0 Å². The normalized spacial score (nSPS) is 21.9. The zero-order chi connectivity index (χ0) is 20.1. The van der Waals surface area contributed by atoms with Crippen molar-refractivity contribution in [2.24, 2.45) is 5.41 Å². The number of carbonyl (C=O) groups is 2. The number of amides is 1. The van der Waals surface area contributed by atoms with E-state index < -0.39 is 0 Å². The van der Waals surface area contributed by atoms with Gasteiger partial charge < -0.3 is 0 Å². The molecule has 0 unspecified atom stereocenters. The van der Waals surface area contributed by atoms with Gasteiger partial charge in [-0.25, -0.2) is 0 Å². The number of allylic oxidation sites excluding steroid dienone is 2. The molecule has 0 bridgehead atoms. The van der Waals surface area contributed by atoms with Crippen molar-refractivity contribution in [2.75, 3.05) is 11.2 Å². The van der Waals surface area contributed by atoms with Crippen LogP contribution in [0.2, 0.25) is 5.02 Å². The number of thioether (sulfide) groups is 1. The quantitative estimate of drug-likeness (QED) is 0.499. The summed E-state index contributed by atoms with van der Waals surface area (Å²) >= 11 is 9.30. The van der Waals surface area contributed by atoms with Crippen LogP contribution >= 0.6 is 34.7 Å². The van der Waals surface area contributed by atoms with Gasteiger partial charge in [0.1, 0.15) is 0 Å². The molecule has 1 aliphatic carbocycles. The molecule has 0 radical (unpaired) electrons. The summed E-state index contributed by atoms with van der Waals surface area (Å²) in [6.45, 7) is 4.12. The third-order valence-corrected chi connectivity index (χ3v) is 7.41. The minimum atomic E-state index is -0.316. The van der Waals surface area contributed by atoms with Crippen molar-refractivity contribution in [3.8, 4) is 0 Å². The minimum absolute atomic E-state index is 0.0713. The largest absolute Gasteiger partial charge is 0.294 e. The van der Waals surface area contributed by atoms with Crippen molar-refractivity contribution in [2.45, 2.75) is 43.4 Å². The number of carbonyl (C=O) groups excluding carboxylic acids is 2. The van der Waals surface area contributed by atoms with Crippen LogP contribution in [-0.2, 0) is 9.59 Å². The number of halogens is 1. The van der Waals surface area contributed by atoms with Crippen LogP contribution in [0, 0.1) is 5.41 Å². The molecule has 1 aromatic carbocycles. The Kier molecular flexibility index (Phi) is 5.10. The van der Waals surface area contributed by atoms with Crippen molar-refractivity contribution in [3.05, 3.63) is 46.1 Å². The number of hydrogen-bond donors (Lipinski definition) is 0. The Morgan fingerprint density at radius 1 is 1.21 bits per heavy atom. The molecule has 28 heavy (non-hydrogen) atoms. The van der Waals surface area contributed by atoms with Crippen LogP contribution in [0.15, 0.2) is 39.9 Å². The molecule has 1 atom stereocenters. The average molecular weight is 434 g/mol. The maximum atomic E-state index is 13.2. The molecule has 1 aromatic heterocycles. The Morgan fingerprint density at radius 3 is 2.64 bits per heavy atom. The molecule has 1 amide bonds. The van der Waals surface area contributed by atoms with Crippen LogP contribution in [0.1, 0.15) is 44.6 Å². The van der Waals surface area contributed by atoms with E-state index in [4.69, 9.17) is 11.6 Å². The number of nitrogens with zero attached hydrogens (tertiary/aromatic N) is 3. The van der Waals surface area contributed by atoms with Crippen molar-refractivity contribution >= 4 is 51.5 Å². The Balaban J connectivity index is 1.90. The predicted molar refractivity (Wildman–Crippen MR) is 113 cm³/mol. The van der Waals surface area contributed by atoms with Crippen molar-refractivity contribution in [3.63, 3.8) is 0 Å². The molecular weight excluding hydrogens is 414 g/mol. The van der Waals surface area contributed by atoms with Gasteiger partial charge in [-0.2, -0.15) is 0 Å². The van der Waals surface area contributed by atoms with E-state index in [0.29, 0.717) is 28.6 Å². The maximum Gasteiger partial charge on any atom is 0.234 e. The summed E-state index contributed by atoms with van der Waals surface area (Å²) in [6, 6.07) is 7.46. The zero-order valence-corrected chi connectivity index (χ0v) is 18.2. The summed E-state index contributed by atoms with van der Waals surface area (Å²) in [6.07, 6.45) is 3.21. The molecule has 2 heterocycles. The van der Waals surface area contributed by atoms with Gasteiger partial charge in [0.15, 0.2) is 10.1 Å². The van der Waals surface area contributed by atoms with Gasteiger partial charge in [-0.15, -0.1) is 10.2 Å². The van der Waals surface area contributed by atoms with E-state index in [-0.39, 0.29) is 29.4 Å². The lowest BCUT2D eigenvalue weighted by Gasteiger charge is -2.41. The number of benzene rings is 1. The lowest BCUT2D eigenvalue weighted by molar-refractivity contribution is -0.121. The van der Waals surface area contributed by atoms with E-state index in [1.54, 1.807) is 11.0 Å². The van der Waals surface area contributed by atoms with Crippen LogP contribution in [-0.4, -0.2) is 28.1 Å². The molecular formula is C20H20ClN3O2S2. The average Bonchev–Trinajstić information content (AvgIpc) is 3.09. The first-order chi connectivity index (χ1) is 13.3. The minimum Gasteiger partial charge on any atom is -0.294 e. The van der Waals surface area contributed by atoms with E-state index in [9.17, 15) is 9.59 Å². The maximum absolute atomic E-state index is 13.2. The SMILES string of the molecule is CSc1nnc(N2C(=O)C[C@H](c3ccccc3Cl)C3=C2CC(C)(C)CC3=O)s1. The van der Waals surface area contributed by atoms with Gasteiger partial charge in [-0.1, -0.05) is 66.7 Å². The Hall–Kier alpha value is -1.70. The predicted octanol–water partition coefficient (Wildman–Crippen LogP) is 5.08. The monoisotopic (exact) mass is 433 g/mol. The first-order valence-corrected chi connectivity index (χ1v) is 11.4. The highest BCUT2D eigenvalue weighted by atomic mass is 35.5. The number of aromatic nitrogens is 2. The van der Waals surface area contributed by atoms with E-state index in [2.05, 4.69) is 24.0 Å². The van der Waals surface area contributed by atoms with Crippen LogP contribution in [0.3, 0.4) is 0 Å². The van der Waals surface area contributed by atoms with E-state index in [0.717, 1.165) is 15.6 Å². The molecule has 0 saturated heterocycles. The molecule has 0 spiro atoms. The summed E-state index contributed by atoms with van der Waals surface area (Å²) in [7, 11) is 0. The third kappa shape index (κ3) is 3.40. The van der Waals surface area contributed by atoms with E-state index in [1.807, 2.05) is 24.5 Å². The Labute approximate surface area is 177 Å². The smallest absolute Gasteiger partial charge is 0.234 e. The molecule has 0 saturated carbocycles. The second kappa shape index (κ2) is 7.28. The van der Waals surface area contributed by atoms with E-state index >= 15 is 0 Å². The zero-order valence-electron chi connectivity index (χ0n) is 15.9. The number of anilines is 1. The molecule has 4 rings (SSSR count). The first-order valence-electron chi connectivity index (χ1n) is 9.02. The number of ketones is 1. The highest BCUT2D eigenvalue weighted by Crippen LogP contribution is 2.49. The van der Waals surface area contributed by atoms with Crippen molar-refractivity contribution < 1.29 is 9.59 Å². The van der Waals surface area contributed by atoms with Crippen LogP contribution in [0.25, 0.3) is 0 Å². The fourth-order valence-corrected chi connectivity index (χ4v) is 5.61. The van der Waals surface area contributed by atoms with Crippen LogP contribution < -0.4 is 4.90 Å². The molecule has 146 valence electrons. The Morgan fingerprint density at radius 2 is 1.96 bits per heavy atom.